The number of halogens is 1. The van der Waals surface area contributed by atoms with Crippen LogP contribution in [0.3, 0.4) is 0 Å². The smallest absolute Gasteiger partial charge is 0.272 e. The van der Waals surface area contributed by atoms with Crippen LogP contribution in [0.15, 0.2) is 60.7 Å². The molecular weight excluding hydrogens is 425 g/mol. The van der Waals surface area contributed by atoms with E-state index in [9.17, 15) is 18.8 Å². The highest BCUT2D eigenvalue weighted by Crippen LogP contribution is 2.26. The van der Waals surface area contributed by atoms with Crippen LogP contribution in [0.2, 0.25) is 0 Å². The normalized spacial score (nSPS) is 17.4. The summed E-state index contributed by atoms with van der Waals surface area (Å²) in [6.07, 6.45) is 0. The first-order valence-electron chi connectivity index (χ1n) is 10.5. The van der Waals surface area contributed by atoms with E-state index in [1.54, 1.807) is 26.1 Å². The van der Waals surface area contributed by atoms with E-state index < -0.39 is 17.4 Å². The van der Waals surface area contributed by atoms with Gasteiger partial charge in [-0.25, -0.2) is 4.39 Å². The standard InChI is InChI=1S/C24H24FN5O3/c1-24(23(33)27-14-17-8-10-18(25)11-9-17)15-30-20(22(32)29(24)2)12-19(28-30)21(31)26-13-16-6-4-3-5-7-16/h3-12H,13-15H2,1-2H3,(H,26,31)(H,27,33). The van der Waals surface area contributed by atoms with Gasteiger partial charge >= 0.3 is 0 Å². The van der Waals surface area contributed by atoms with Crippen LogP contribution in [0.1, 0.15) is 39.0 Å². The SMILES string of the molecule is CN1C(=O)c2cc(C(=O)NCc3ccccc3)nn2CC1(C)C(=O)NCc1ccc(F)cc1. The summed E-state index contributed by atoms with van der Waals surface area (Å²) in [5.41, 5.74) is 0.810. The highest BCUT2D eigenvalue weighted by Gasteiger charge is 2.46. The van der Waals surface area contributed by atoms with Crippen LogP contribution in [-0.4, -0.2) is 45.0 Å². The molecule has 0 saturated carbocycles. The monoisotopic (exact) mass is 449 g/mol. The Bertz CT molecular complexity index is 1190. The Morgan fingerprint density at radius 1 is 1.03 bits per heavy atom. The summed E-state index contributed by atoms with van der Waals surface area (Å²) >= 11 is 0. The molecule has 33 heavy (non-hydrogen) atoms. The first kappa shape index (κ1) is 22.2. The summed E-state index contributed by atoms with van der Waals surface area (Å²) in [5.74, 6) is -1.54. The molecule has 1 atom stereocenters. The van der Waals surface area contributed by atoms with Crippen LogP contribution in [-0.2, 0) is 24.4 Å². The van der Waals surface area contributed by atoms with Gasteiger partial charge < -0.3 is 15.5 Å². The number of hydrogen-bond donors (Lipinski definition) is 2. The average molecular weight is 449 g/mol. The minimum Gasteiger partial charge on any atom is -0.350 e. The number of nitrogens with one attached hydrogen (secondary N) is 2. The summed E-state index contributed by atoms with van der Waals surface area (Å²) in [4.78, 5) is 39.9. The summed E-state index contributed by atoms with van der Waals surface area (Å²) in [7, 11) is 1.55. The van der Waals surface area contributed by atoms with Crippen molar-refractivity contribution >= 4 is 17.7 Å². The highest BCUT2D eigenvalue weighted by molar-refractivity contribution is 6.01. The number of carbonyl (C=O) groups excluding carboxylic acids is 3. The van der Waals surface area contributed by atoms with Crippen LogP contribution in [0.25, 0.3) is 0 Å². The Balaban J connectivity index is 1.47. The molecule has 0 fully saturated rings. The predicted molar refractivity (Wildman–Crippen MR) is 119 cm³/mol. The molecule has 8 nitrogen and oxygen atoms in total. The van der Waals surface area contributed by atoms with Crippen molar-refractivity contribution in [3.05, 3.63) is 89.0 Å². The lowest BCUT2D eigenvalue weighted by atomic mass is 9.96. The fourth-order valence-electron chi connectivity index (χ4n) is 3.68. The predicted octanol–water partition coefficient (Wildman–Crippen LogP) is 2.11. The Morgan fingerprint density at radius 2 is 1.67 bits per heavy atom. The molecule has 0 bridgehead atoms. The first-order chi connectivity index (χ1) is 15.8. The summed E-state index contributed by atoms with van der Waals surface area (Å²) in [6, 6.07) is 16.7. The number of nitrogens with zero attached hydrogens (tertiary/aromatic N) is 3. The van der Waals surface area contributed by atoms with Gasteiger partial charge in [-0.3, -0.25) is 19.1 Å². The van der Waals surface area contributed by atoms with Crippen molar-refractivity contribution in [3.8, 4) is 0 Å². The average Bonchev–Trinajstić information content (AvgIpc) is 3.25. The molecule has 2 heterocycles. The Labute approximate surface area is 190 Å². The van der Waals surface area contributed by atoms with E-state index in [-0.39, 0.29) is 36.2 Å². The lowest BCUT2D eigenvalue weighted by Gasteiger charge is -2.40. The number of fused-ring (bicyclic) bond motifs is 1. The third-order valence-corrected chi connectivity index (χ3v) is 5.89. The van der Waals surface area contributed by atoms with E-state index in [4.69, 9.17) is 0 Å². The number of rotatable bonds is 6. The molecule has 1 aliphatic heterocycles. The molecule has 2 N–H and O–H groups in total. The number of likely N-dealkylation sites (N-methyl/N-ethyl adjacent to an activating group) is 1. The second-order valence-electron chi connectivity index (χ2n) is 8.19. The van der Waals surface area contributed by atoms with Gasteiger partial charge in [-0.05, 0) is 30.2 Å². The number of hydrogen-bond acceptors (Lipinski definition) is 4. The lowest BCUT2D eigenvalue weighted by molar-refractivity contribution is -0.132. The second-order valence-corrected chi connectivity index (χ2v) is 8.19. The first-order valence-corrected chi connectivity index (χ1v) is 10.5. The Kier molecular flexibility index (Phi) is 5.95. The lowest BCUT2D eigenvalue weighted by Crippen LogP contribution is -2.62. The molecule has 0 saturated heterocycles. The fraction of sp³-hybridized carbons (Fsp3) is 0.250. The quantitative estimate of drug-likeness (QED) is 0.603. The van der Waals surface area contributed by atoms with Gasteiger partial charge in [0.1, 0.15) is 17.1 Å². The van der Waals surface area contributed by atoms with E-state index in [0.29, 0.717) is 6.54 Å². The largest absolute Gasteiger partial charge is 0.350 e. The zero-order valence-corrected chi connectivity index (χ0v) is 18.3. The highest BCUT2D eigenvalue weighted by atomic mass is 19.1. The van der Waals surface area contributed by atoms with Crippen LogP contribution >= 0.6 is 0 Å². The van der Waals surface area contributed by atoms with Gasteiger partial charge in [0.05, 0.1) is 6.54 Å². The van der Waals surface area contributed by atoms with Crippen molar-refractivity contribution in [2.24, 2.45) is 0 Å². The van der Waals surface area contributed by atoms with Crippen molar-refractivity contribution in [2.45, 2.75) is 32.1 Å². The van der Waals surface area contributed by atoms with Crippen LogP contribution in [0.4, 0.5) is 4.39 Å². The third kappa shape index (κ3) is 4.48. The van der Waals surface area contributed by atoms with E-state index in [1.165, 1.54) is 27.8 Å². The molecule has 1 aliphatic rings. The minimum atomic E-state index is -1.21. The molecule has 1 unspecified atom stereocenters. The molecule has 1 aromatic heterocycles. The minimum absolute atomic E-state index is 0.0891. The van der Waals surface area contributed by atoms with E-state index in [0.717, 1.165) is 11.1 Å². The van der Waals surface area contributed by atoms with Crippen molar-refractivity contribution in [2.75, 3.05) is 7.05 Å². The Hall–Kier alpha value is -4.01. The van der Waals surface area contributed by atoms with Crippen molar-refractivity contribution < 1.29 is 18.8 Å². The molecule has 0 aliphatic carbocycles. The number of benzene rings is 2. The number of carbonyl (C=O) groups is 3. The van der Waals surface area contributed by atoms with E-state index in [2.05, 4.69) is 15.7 Å². The summed E-state index contributed by atoms with van der Waals surface area (Å²) in [5, 5.41) is 9.88. The van der Waals surface area contributed by atoms with Crippen molar-refractivity contribution in [1.82, 2.24) is 25.3 Å². The summed E-state index contributed by atoms with van der Waals surface area (Å²) in [6.45, 7) is 2.26. The summed E-state index contributed by atoms with van der Waals surface area (Å²) < 4.78 is 14.5. The maximum Gasteiger partial charge on any atom is 0.272 e. The van der Waals surface area contributed by atoms with Gasteiger partial charge in [0.25, 0.3) is 11.8 Å². The van der Waals surface area contributed by atoms with Crippen LogP contribution in [0, 0.1) is 5.82 Å². The molecule has 0 spiro atoms. The zero-order valence-electron chi connectivity index (χ0n) is 18.3. The van der Waals surface area contributed by atoms with Gasteiger partial charge in [0.2, 0.25) is 5.91 Å². The topological polar surface area (TPSA) is 96.3 Å². The van der Waals surface area contributed by atoms with Crippen LogP contribution < -0.4 is 10.6 Å². The van der Waals surface area contributed by atoms with Crippen molar-refractivity contribution in [3.63, 3.8) is 0 Å². The molecule has 3 amide bonds. The molecule has 0 radical (unpaired) electrons. The Morgan fingerprint density at radius 3 is 2.36 bits per heavy atom. The van der Waals surface area contributed by atoms with Crippen molar-refractivity contribution in [1.29, 1.82) is 0 Å². The third-order valence-electron chi connectivity index (χ3n) is 5.89. The molecule has 170 valence electrons. The maximum atomic E-state index is 13.1. The zero-order chi connectivity index (χ0) is 23.6. The van der Waals surface area contributed by atoms with E-state index in [1.807, 2.05) is 30.3 Å². The number of aromatic nitrogens is 2. The molecular formula is C24H24FN5O3. The van der Waals surface area contributed by atoms with Crippen LogP contribution in [0.5, 0.6) is 0 Å². The van der Waals surface area contributed by atoms with Gasteiger partial charge in [0, 0.05) is 26.2 Å². The number of amides is 3. The molecule has 4 rings (SSSR count). The van der Waals surface area contributed by atoms with Gasteiger partial charge in [-0.15, -0.1) is 0 Å². The van der Waals surface area contributed by atoms with Gasteiger partial charge in [-0.1, -0.05) is 42.5 Å². The van der Waals surface area contributed by atoms with Gasteiger partial charge in [-0.2, -0.15) is 5.10 Å². The second kappa shape index (κ2) is 8.85. The van der Waals surface area contributed by atoms with E-state index >= 15 is 0 Å². The molecule has 3 aromatic rings. The maximum absolute atomic E-state index is 13.1. The fourth-order valence-corrected chi connectivity index (χ4v) is 3.68. The molecule has 2 aromatic carbocycles. The molecule has 9 heteroatoms. The van der Waals surface area contributed by atoms with Gasteiger partial charge in [0.15, 0.2) is 5.69 Å².